The number of ether oxygens (including phenoxy) is 1. The number of hydrogen-bond donors (Lipinski definition) is 1. The van der Waals surface area contributed by atoms with Gasteiger partial charge in [-0.05, 0) is 52.8 Å². The van der Waals surface area contributed by atoms with Crippen molar-refractivity contribution in [2.45, 2.75) is 58.4 Å². The van der Waals surface area contributed by atoms with E-state index in [1.807, 2.05) is 12.1 Å². The first-order valence-electron chi connectivity index (χ1n) is 7.55. The van der Waals surface area contributed by atoms with Gasteiger partial charge in [0, 0.05) is 18.6 Å². The molecule has 1 aliphatic heterocycles. The highest BCUT2D eigenvalue weighted by Crippen LogP contribution is 2.16. The first kappa shape index (κ1) is 15.5. The van der Waals surface area contributed by atoms with Crippen LogP contribution in [-0.2, 0) is 17.9 Å². The summed E-state index contributed by atoms with van der Waals surface area (Å²) >= 11 is 0. The monoisotopic (exact) mass is 280 g/mol. The third-order valence-electron chi connectivity index (χ3n) is 3.64. The van der Waals surface area contributed by atoms with Crippen LogP contribution >= 0.6 is 0 Å². The Morgan fingerprint density at radius 2 is 1.90 bits per heavy atom. The van der Waals surface area contributed by atoms with Crippen molar-refractivity contribution < 1.29 is 9.15 Å². The molecule has 114 valence electrons. The minimum Gasteiger partial charge on any atom is -0.462 e. The van der Waals surface area contributed by atoms with Gasteiger partial charge in [-0.3, -0.25) is 0 Å². The number of nitrogens with zero attached hydrogens (tertiary/aromatic N) is 1. The molecule has 1 N–H and O–H groups in total. The summed E-state index contributed by atoms with van der Waals surface area (Å²) in [5, 5.41) is 3.42. The summed E-state index contributed by atoms with van der Waals surface area (Å²) in [4.78, 5) is 2.35. The molecule has 0 aromatic carbocycles. The Labute approximate surface area is 122 Å². The summed E-state index contributed by atoms with van der Waals surface area (Å²) in [5.41, 5.74) is 0.109. The van der Waals surface area contributed by atoms with Gasteiger partial charge in [0.15, 0.2) is 0 Å². The quantitative estimate of drug-likeness (QED) is 0.900. The van der Waals surface area contributed by atoms with Crippen LogP contribution in [0.3, 0.4) is 0 Å². The number of hydrogen-bond acceptors (Lipinski definition) is 4. The second-order valence-electron chi connectivity index (χ2n) is 6.79. The number of nitrogens with one attached hydrogen (secondary N) is 1. The van der Waals surface area contributed by atoms with Crippen LogP contribution in [0.1, 0.15) is 45.1 Å². The van der Waals surface area contributed by atoms with E-state index in [1.54, 1.807) is 0 Å². The molecule has 0 spiro atoms. The molecule has 0 bridgehead atoms. The lowest BCUT2D eigenvalue weighted by atomic mass is 10.1. The van der Waals surface area contributed by atoms with E-state index in [4.69, 9.17) is 9.15 Å². The molecule has 1 aromatic rings. The summed E-state index contributed by atoms with van der Waals surface area (Å²) < 4.78 is 11.7. The van der Waals surface area contributed by atoms with Crippen molar-refractivity contribution in [2.24, 2.45) is 0 Å². The van der Waals surface area contributed by atoms with Crippen LogP contribution in [0, 0.1) is 0 Å². The van der Waals surface area contributed by atoms with E-state index in [0.29, 0.717) is 12.7 Å². The lowest BCUT2D eigenvalue weighted by Crippen LogP contribution is -2.34. The zero-order valence-corrected chi connectivity index (χ0v) is 13.2. The molecule has 4 nitrogen and oxygen atoms in total. The lowest BCUT2D eigenvalue weighted by molar-refractivity contribution is -0.00514. The van der Waals surface area contributed by atoms with Crippen molar-refractivity contribution in [1.29, 1.82) is 0 Å². The topological polar surface area (TPSA) is 37.6 Å². The number of rotatable bonds is 5. The summed E-state index contributed by atoms with van der Waals surface area (Å²) in [6.07, 6.45) is 2.62. The Kier molecular flexibility index (Phi) is 5.24. The molecule has 20 heavy (non-hydrogen) atoms. The molecule has 1 fully saturated rings. The lowest BCUT2D eigenvalue weighted by Gasteiger charge is -2.28. The Balaban J connectivity index is 1.72. The van der Waals surface area contributed by atoms with Crippen molar-refractivity contribution in [2.75, 3.05) is 20.1 Å². The van der Waals surface area contributed by atoms with Crippen molar-refractivity contribution >= 4 is 0 Å². The van der Waals surface area contributed by atoms with Gasteiger partial charge in [0.25, 0.3) is 0 Å². The second-order valence-corrected chi connectivity index (χ2v) is 6.79. The molecule has 2 heterocycles. The Morgan fingerprint density at radius 1 is 1.25 bits per heavy atom. The van der Waals surface area contributed by atoms with Crippen LogP contribution in [-0.4, -0.2) is 36.7 Å². The van der Waals surface area contributed by atoms with E-state index in [1.165, 1.54) is 0 Å². The predicted octanol–water partition coefficient (Wildman–Crippen LogP) is 2.78. The maximum Gasteiger partial charge on any atom is 0.129 e. The van der Waals surface area contributed by atoms with Gasteiger partial charge in [-0.1, -0.05) is 0 Å². The van der Waals surface area contributed by atoms with Gasteiger partial charge >= 0.3 is 0 Å². The smallest absolute Gasteiger partial charge is 0.129 e. The van der Waals surface area contributed by atoms with Gasteiger partial charge in [-0.2, -0.15) is 0 Å². The van der Waals surface area contributed by atoms with Gasteiger partial charge < -0.3 is 19.4 Å². The van der Waals surface area contributed by atoms with Crippen LogP contribution in [0.15, 0.2) is 16.5 Å². The van der Waals surface area contributed by atoms with Crippen molar-refractivity contribution in [1.82, 2.24) is 10.2 Å². The molecule has 0 saturated carbocycles. The first-order valence-corrected chi connectivity index (χ1v) is 7.55. The van der Waals surface area contributed by atoms with Gasteiger partial charge in [0.2, 0.25) is 0 Å². The van der Waals surface area contributed by atoms with E-state index in [2.05, 4.69) is 38.0 Å². The second kappa shape index (κ2) is 6.74. The third kappa shape index (κ3) is 5.27. The maximum atomic E-state index is 5.94. The third-order valence-corrected chi connectivity index (χ3v) is 3.64. The average Bonchev–Trinajstić information content (AvgIpc) is 2.83. The molecule has 1 aromatic heterocycles. The van der Waals surface area contributed by atoms with E-state index >= 15 is 0 Å². The fourth-order valence-electron chi connectivity index (χ4n) is 2.30. The summed E-state index contributed by atoms with van der Waals surface area (Å²) in [5.74, 6) is 1.90. The van der Waals surface area contributed by atoms with Gasteiger partial charge in [0.05, 0.1) is 12.6 Å². The zero-order valence-electron chi connectivity index (χ0n) is 13.2. The Bertz CT molecular complexity index is 401. The molecule has 1 saturated heterocycles. The molecule has 1 aliphatic rings. The summed E-state index contributed by atoms with van der Waals surface area (Å²) in [6, 6.07) is 4.06. The summed E-state index contributed by atoms with van der Waals surface area (Å²) in [7, 11) is 2.16. The highest BCUT2D eigenvalue weighted by atomic mass is 16.5. The normalized spacial score (nSPS) is 18.6. The summed E-state index contributed by atoms with van der Waals surface area (Å²) in [6.45, 7) is 10.1. The fraction of sp³-hybridized carbons (Fsp3) is 0.750. The predicted molar refractivity (Wildman–Crippen MR) is 80.6 cm³/mol. The molecule has 0 amide bonds. The highest BCUT2D eigenvalue weighted by Gasteiger charge is 2.17. The first-order chi connectivity index (χ1) is 9.42. The largest absolute Gasteiger partial charge is 0.462 e. The number of furan rings is 1. The average molecular weight is 280 g/mol. The minimum atomic E-state index is 0.109. The number of likely N-dealkylation sites (tertiary alicyclic amines) is 1. The van der Waals surface area contributed by atoms with Crippen LogP contribution in [0.25, 0.3) is 0 Å². The minimum absolute atomic E-state index is 0.109. The van der Waals surface area contributed by atoms with E-state index in [-0.39, 0.29) is 5.54 Å². The van der Waals surface area contributed by atoms with Gasteiger partial charge in [-0.15, -0.1) is 0 Å². The highest BCUT2D eigenvalue weighted by molar-refractivity contribution is 5.06. The number of piperidine rings is 1. The SMILES string of the molecule is CN1CCC(OCc2ccc(CNC(C)(C)C)o2)CC1. The van der Waals surface area contributed by atoms with E-state index in [0.717, 1.165) is 44.0 Å². The molecule has 0 atom stereocenters. The molecular formula is C16H28N2O2. The van der Waals surface area contributed by atoms with Gasteiger partial charge in [-0.25, -0.2) is 0 Å². The van der Waals surface area contributed by atoms with E-state index < -0.39 is 0 Å². The van der Waals surface area contributed by atoms with Crippen LogP contribution in [0.4, 0.5) is 0 Å². The fourth-order valence-corrected chi connectivity index (χ4v) is 2.30. The Hall–Kier alpha value is -0.840. The molecule has 0 aliphatic carbocycles. The van der Waals surface area contributed by atoms with Gasteiger partial charge in [0.1, 0.15) is 18.1 Å². The van der Waals surface area contributed by atoms with Crippen molar-refractivity contribution in [3.63, 3.8) is 0 Å². The Morgan fingerprint density at radius 3 is 2.55 bits per heavy atom. The van der Waals surface area contributed by atoms with E-state index in [9.17, 15) is 0 Å². The maximum absolute atomic E-state index is 5.94. The molecule has 0 unspecified atom stereocenters. The van der Waals surface area contributed by atoms with Crippen LogP contribution < -0.4 is 5.32 Å². The van der Waals surface area contributed by atoms with Crippen LogP contribution in [0.5, 0.6) is 0 Å². The molecule has 0 radical (unpaired) electrons. The molecule has 2 rings (SSSR count). The van der Waals surface area contributed by atoms with Crippen LogP contribution in [0.2, 0.25) is 0 Å². The van der Waals surface area contributed by atoms with Crippen molar-refractivity contribution in [3.8, 4) is 0 Å². The zero-order chi connectivity index (χ0) is 14.6. The standard InChI is InChI=1S/C16H28N2O2/c1-16(2,3)17-11-14-5-6-15(20-14)12-19-13-7-9-18(4)10-8-13/h5-6,13,17H,7-12H2,1-4H3. The van der Waals surface area contributed by atoms with Crippen molar-refractivity contribution in [3.05, 3.63) is 23.7 Å². The molecular weight excluding hydrogens is 252 g/mol. The molecule has 4 heteroatoms.